The monoisotopic (exact) mass is 304 g/mol. The van der Waals surface area contributed by atoms with Crippen LogP contribution in [0.5, 0.6) is 5.75 Å². The van der Waals surface area contributed by atoms with Gasteiger partial charge in [-0.05, 0) is 30.7 Å². The van der Waals surface area contributed by atoms with E-state index in [9.17, 15) is 4.79 Å². The van der Waals surface area contributed by atoms with Gasteiger partial charge in [0, 0.05) is 17.5 Å². The van der Waals surface area contributed by atoms with Crippen molar-refractivity contribution < 1.29 is 9.53 Å². The maximum atomic E-state index is 12.0. The van der Waals surface area contributed by atoms with Gasteiger partial charge in [0.2, 0.25) is 0 Å². The largest absolute Gasteiger partial charge is 0.497 e. The van der Waals surface area contributed by atoms with Crippen LogP contribution >= 0.6 is 11.3 Å². The van der Waals surface area contributed by atoms with Crippen LogP contribution in [-0.2, 0) is 0 Å². The molecule has 2 rings (SSSR count). The third kappa shape index (κ3) is 4.29. The summed E-state index contributed by atoms with van der Waals surface area (Å²) in [4.78, 5) is 16.4. The Morgan fingerprint density at radius 3 is 2.71 bits per heavy atom. The van der Waals surface area contributed by atoms with E-state index in [2.05, 4.69) is 17.2 Å². The van der Waals surface area contributed by atoms with Gasteiger partial charge in [-0.2, -0.15) is 0 Å². The highest BCUT2D eigenvalue weighted by Crippen LogP contribution is 2.25. The highest BCUT2D eigenvalue weighted by atomic mass is 32.1. The summed E-state index contributed by atoms with van der Waals surface area (Å²) in [5, 5.41) is 5.55. The van der Waals surface area contributed by atoms with Crippen LogP contribution in [0.2, 0.25) is 0 Å². The van der Waals surface area contributed by atoms with E-state index >= 15 is 0 Å². The van der Waals surface area contributed by atoms with Gasteiger partial charge >= 0.3 is 0 Å². The molecule has 21 heavy (non-hydrogen) atoms. The summed E-state index contributed by atoms with van der Waals surface area (Å²) in [6.45, 7) is 2.85. The number of carbonyl (C=O) groups excluding carboxylic acids is 1. The molecule has 0 aliphatic heterocycles. The van der Waals surface area contributed by atoms with Crippen molar-refractivity contribution >= 4 is 17.2 Å². The molecule has 1 aromatic heterocycles. The summed E-state index contributed by atoms with van der Waals surface area (Å²) >= 11 is 1.48. The maximum absolute atomic E-state index is 12.0. The van der Waals surface area contributed by atoms with Crippen molar-refractivity contribution in [3.05, 3.63) is 35.3 Å². The van der Waals surface area contributed by atoms with E-state index in [0.717, 1.165) is 35.6 Å². The van der Waals surface area contributed by atoms with E-state index in [1.165, 1.54) is 11.3 Å². The van der Waals surface area contributed by atoms with Crippen LogP contribution in [0.1, 0.15) is 36.7 Å². The van der Waals surface area contributed by atoms with E-state index in [4.69, 9.17) is 4.74 Å². The van der Waals surface area contributed by atoms with Gasteiger partial charge in [0.25, 0.3) is 5.91 Å². The normalized spacial score (nSPS) is 10.4. The number of aromatic nitrogens is 1. The Balaban J connectivity index is 1.98. The van der Waals surface area contributed by atoms with Gasteiger partial charge < -0.3 is 10.1 Å². The molecule has 0 saturated carbocycles. The molecule has 4 nitrogen and oxygen atoms in total. The Morgan fingerprint density at radius 1 is 1.29 bits per heavy atom. The molecule has 0 bridgehead atoms. The molecule has 2 aromatic rings. The second-order valence-electron chi connectivity index (χ2n) is 4.73. The lowest BCUT2D eigenvalue weighted by Crippen LogP contribution is -2.24. The quantitative estimate of drug-likeness (QED) is 0.793. The lowest BCUT2D eigenvalue weighted by molar-refractivity contribution is 0.0949. The van der Waals surface area contributed by atoms with Gasteiger partial charge in [-0.15, -0.1) is 11.3 Å². The summed E-state index contributed by atoms with van der Waals surface area (Å²) < 4.78 is 5.13. The summed E-state index contributed by atoms with van der Waals surface area (Å²) in [5.41, 5.74) is 1.48. The Labute approximate surface area is 129 Å². The van der Waals surface area contributed by atoms with Gasteiger partial charge in [0.05, 0.1) is 7.11 Å². The van der Waals surface area contributed by atoms with E-state index in [1.54, 1.807) is 12.5 Å². The van der Waals surface area contributed by atoms with Crippen molar-refractivity contribution in [1.82, 2.24) is 10.3 Å². The predicted molar refractivity (Wildman–Crippen MR) is 86.0 cm³/mol. The van der Waals surface area contributed by atoms with Gasteiger partial charge in [-0.25, -0.2) is 4.98 Å². The number of thiazole rings is 1. The maximum Gasteiger partial charge on any atom is 0.270 e. The van der Waals surface area contributed by atoms with Crippen molar-refractivity contribution in [1.29, 1.82) is 0 Å². The van der Waals surface area contributed by atoms with Crippen molar-refractivity contribution in [2.75, 3.05) is 13.7 Å². The van der Waals surface area contributed by atoms with Crippen LogP contribution in [0, 0.1) is 0 Å². The van der Waals surface area contributed by atoms with Gasteiger partial charge in [0.1, 0.15) is 16.5 Å². The average molecular weight is 304 g/mol. The molecule has 0 aliphatic carbocycles. The van der Waals surface area contributed by atoms with E-state index in [1.807, 2.05) is 24.3 Å². The van der Waals surface area contributed by atoms with Crippen molar-refractivity contribution in [3.63, 3.8) is 0 Å². The number of nitrogens with zero attached hydrogens (tertiary/aromatic N) is 1. The van der Waals surface area contributed by atoms with Gasteiger partial charge in [-0.3, -0.25) is 4.79 Å². The van der Waals surface area contributed by atoms with E-state index < -0.39 is 0 Å². The minimum Gasteiger partial charge on any atom is -0.497 e. The van der Waals surface area contributed by atoms with Crippen LogP contribution in [-0.4, -0.2) is 24.5 Å². The molecular formula is C16H20N2O2S. The molecular weight excluding hydrogens is 284 g/mol. The molecule has 0 spiro atoms. The summed E-state index contributed by atoms with van der Waals surface area (Å²) in [6.07, 6.45) is 3.29. The molecule has 1 aromatic carbocycles. The van der Waals surface area contributed by atoms with E-state index in [0.29, 0.717) is 12.2 Å². The lowest BCUT2D eigenvalue weighted by Gasteiger charge is -2.02. The molecule has 5 heteroatoms. The van der Waals surface area contributed by atoms with Gasteiger partial charge in [-0.1, -0.05) is 19.8 Å². The van der Waals surface area contributed by atoms with Crippen LogP contribution in [0.3, 0.4) is 0 Å². The molecule has 0 radical (unpaired) electrons. The Morgan fingerprint density at radius 2 is 2.05 bits per heavy atom. The number of hydrogen-bond donors (Lipinski definition) is 1. The third-order valence-corrected chi connectivity index (χ3v) is 4.03. The summed E-state index contributed by atoms with van der Waals surface area (Å²) in [6, 6.07) is 7.67. The first kappa shape index (κ1) is 15.5. The number of ether oxygens (including phenoxy) is 1. The highest BCUT2D eigenvalue weighted by Gasteiger charge is 2.11. The number of unbranched alkanes of at least 4 members (excludes halogenated alkanes) is 2. The zero-order valence-electron chi connectivity index (χ0n) is 12.4. The van der Waals surface area contributed by atoms with Crippen molar-refractivity contribution in [3.8, 4) is 16.3 Å². The average Bonchev–Trinajstić information content (AvgIpc) is 3.01. The number of nitrogens with one attached hydrogen (secondary N) is 1. The standard InChI is InChI=1S/C16H20N2O2S/c1-3-4-5-10-17-15(19)14-11-21-16(18-14)12-6-8-13(20-2)9-7-12/h6-9,11H,3-5,10H2,1-2H3,(H,17,19). The SMILES string of the molecule is CCCCCNC(=O)c1csc(-c2ccc(OC)cc2)n1. The molecule has 0 atom stereocenters. The first-order chi connectivity index (χ1) is 10.2. The Hall–Kier alpha value is -1.88. The van der Waals surface area contributed by atoms with Gasteiger partial charge in [0.15, 0.2) is 0 Å². The number of hydrogen-bond acceptors (Lipinski definition) is 4. The molecule has 0 saturated heterocycles. The van der Waals surface area contributed by atoms with Crippen LogP contribution in [0.25, 0.3) is 10.6 Å². The van der Waals surface area contributed by atoms with Crippen LogP contribution < -0.4 is 10.1 Å². The van der Waals surface area contributed by atoms with Crippen LogP contribution in [0.4, 0.5) is 0 Å². The number of methoxy groups -OCH3 is 1. The van der Waals surface area contributed by atoms with Crippen LogP contribution in [0.15, 0.2) is 29.6 Å². The zero-order chi connectivity index (χ0) is 15.1. The second-order valence-corrected chi connectivity index (χ2v) is 5.59. The molecule has 1 N–H and O–H groups in total. The molecule has 112 valence electrons. The molecule has 1 heterocycles. The molecule has 0 unspecified atom stereocenters. The number of amides is 1. The number of benzene rings is 1. The minimum atomic E-state index is -0.0953. The first-order valence-electron chi connectivity index (χ1n) is 7.12. The fourth-order valence-corrected chi connectivity index (χ4v) is 2.72. The first-order valence-corrected chi connectivity index (χ1v) is 8.00. The molecule has 1 amide bonds. The Bertz CT molecular complexity index is 578. The fourth-order valence-electron chi connectivity index (χ4n) is 1.91. The lowest BCUT2D eigenvalue weighted by atomic mass is 10.2. The second kappa shape index (κ2) is 7.78. The minimum absolute atomic E-state index is 0.0953. The fraction of sp³-hybridized carbons (Fsp3) is 0.375. The topological polar surface area (TPSA) is 51.2 Å². The zero-order valence-corrected chi connectivity index (χ0v) is 13.2. The van der Waals surface area contributed by atoms with Crippen molar-refractivity contribution in [2.45, 2.75) is 26.2 Å². The van der Waals surface area contributed by atoms with Crippen molar-refractivity contribution in [2.24, 2.45) is 0 Å². The van der Waals surface area contributed by atoms with E-state index in [-0.39, 0.29) is 5.91 Å². The number of carbonyl (C=O) groups is 1. The highest BCUT2D eigenvalue weighted by molar-refractivity contribution is 7.13. The number of rotatable bonds is 7. The molecule has 0 fully saturated rings. The Kier molecular flexibility index (Phi) is 5.75. The summed E-state index contributed by atoms with van der Waals surface area (Å²) in [7, 11) is 1.64. The predicted octanol–water partition coefficient (Wildman–Crippen LogP) is 3.74. The molecule has 0 aliphatic rings. The third-order valence-electron chi connectivity index (χ3n) is 3.14. The smallest absolute Gasteiger partial charge is 0.270 e. The summed E-state index contributed by atoms with van der Waals surface area (Å²) in [5.74, 6) is 0.714.